The zero-order valence-electron chi connectivity index (χ0n) is 32.9. The number of unbranched alkanes of at least 4 members (excludes halogenated alkanes) is 3. The van der Waals surface area contributed by atoms with Gasteiger partial charge in [-0.2, -0.15) is 0 Å². The predicted octanol–water partition coefficient (Wildman–Crippen LogP) is 14.1. The van der Waals surface area contributed by atoms with Gasteiger partial charge in [-0.25, -0.2) is 0 Å². The van der Waals surface area contributed by atoms with E-state index in [1.54, 1.807) is 83.1 Å². The van der Waals surface area contributed by atoms with Gasteiger partial charge in [0.1, 0.15) is 0 Å². The van der Waals surface area contributed by atoms with Gasteiger partial charge in [-0.1, -0.05) is 143 Å². The number of hydrogen-bond acceptors (Lipinski definition) is 1. The summed E-state index contributed by atoms with van der Waals surface area (Å²) in [6.45, 7) is 18.9. The third kappa shape index (κ3) is 8.30. The van der Waals surface area contributed by atoms with Gasteiger partial charge in [-0.15, -0.1) is 0 Å². The Hall–Kier alpha value is 0.177. The number of ether oxygens (including phenoxy) is 1. The van der Waals surface area contributed by atoms with Crippen molar-refractivity contribution in [2.75, 3.05) is 6.61 Å². The van der Waals surface area contributed by atoms with Crippen molar-refractivity contribution in [1.82, 2.24) is 0 Å². The second-order valence-corrected chi connectivity index (χ2v) is 25.5. The average Bonchev–Trinajstić information content (AvgIpc) is 3.63. The summed E-state index contributed by atoms with van der Waals surface area (Å²) in [5.74, 6) is 11.6. The van der Waals surface area contributed by atoms with E-state index in [0.717, 1.165) is 82.8 Å². The summed E-state index contributed by atoms with van der Waals surface area (Å²) < 4.78 is 6.14. The van der Waals surface area contributed by atoms with Gasteiger partial charge < -0.3 is 4.74 Å². The lowest BCUT2D eigenvalue weighted by Crippen LogP contribution is -2.50. The number of hydrogen-bond donors (Lipinski definition) is 0. The molecule has 47 heavy (non-hydrogen) atoms. The van der Waals surface area contributed by atoms with Gasteiger partial charge in [-0.3, -0.25) is 0 Å². The summed E-state index contributed by atoms with van der Waals surface area (Å²) in [5, 5.41) is 0. The maximum absolute atomic E-state index is 6.14. The predicted molar refractivity (Wildman–Crippen MR) is 207 cm³/mol. The van der Waals surface area contributed by atoms with E-state index in [-0.39, 0.29) is 5.60 Å². The summed E-state index contributed by atoms with van der Waals surface area (Å²) in [4.78, 5) is 0. The smallest absolute Gasteiger partial charge is 0.0598 e. The van der Waals surface area contributed by atoms with E-state index in [0.29, 0.717) is 0 Å². The van der Waals surface area contributed by atoms with Crippen LogP contribution in [-0.4, -0.2) is 20.3 Å². The van der Waals surface area contributed by atoms with E-state index >= 15 is 0 Å². The molecule has 0 bridgehead atoms. The van der Waals surface area contributed by atoms with Gasteiger partial charge in [-0.05, 0) is 129 Å². The quantitative estimate of drug-likeness (QED) is 0.149. The molecule has 6 aliphatic carbocycles. The minimum Gasteiger partial charge on any atom is -0.376 e. The minimum atomic E-state index is -1.58. The molecule has 0 heterocycles. The van der Waals surface area contributed by atoms with Crippen LogP contribution in [0.4, 0.5) is 0 Å². The van der Waals surface area contributed by atoms with Crippen molar-refractivity contribution >= 4 is 8.07 Å². The largest absolute Gasteiger partial charge is 0.376 e. The molecule has 0 aromatic rings. The van der Waals surface area contributed by atoms with Gasteiger partial charge in [0.05, 0.1) is 13.7 Å². The van der Waals surface area contributed by atoms with Crippen molar-refractivity contribution in [3.63, 3.8) is 0 Å². The zero-order valence-corrected chi connectivity index (χ0v) is 33.9. The first-order valence-corrected chi connectivity index (χ1v) is 25.1. The number of rotatable bonds is 12. The van der Waals surface area contributed by atoms with Crippen molar-refractivity contribution in [3.05, 3.63) is 0 Å². The van der Waals surface area contributed by atoms with Crippen LogP contribution in [-0.2, 0) is 4.74 Å². The van der Waals surface area contributed by atoms with Gasteiger partial charge >= 0.3 is 0 Å². The first-order valence-electron chi connectivity index (χ1n) is 22.2. The lowest BCUT2D eigenvalue weighted by atomic mass is 9.65. The van der Waals surface area contributed by atoms with Crippen LogP contribution in [0.25, 0.3) is 0 Å². The van der Waals surface area contributed by atoms with E-state index in [4.69, 9.17) is 4.74 Å². The topological polar surface area (TPSA) is 9.23 Å². The molecule has 6 fully saturated rings. The third-order valence-electron chi connectivity index (χ3n) is 16.6. The molecule has 0 N–H and O–H groups in total. The Kier molecular flexibility index (Phi) is 12.8. The molecule has 0 aromatic heterocycles. The molecule has 1 nitrogen and oxygen atoms in total. The standard InChI is InChI=1S/C45H82OSi/c1-32(2)40-31-42-37(35-22-14-11-15-23-35)25-19-27-39(42)44(40)47(7,29-17-9-8-16-28-46-45(4,5)6)43-33(3)30-41-36(24-18-26-38(41)43)34-20-12-10-13-21-34/h32-44H,8-31H2,1-7H3. The first-order chi connectivity index (χ1) is 22.6. The van der Waals surface area contributed by atoms with Crippen LogP contribution in [0.15, 0.2) is 0 Å². The fraction of sp³-hybridized carbons (Fsp3) is 1.00. The van der Waals surface area contributed by atoms with E-state index in [1.165, 1.54) is 64.2 Å². The molecule has 2 heteroatoms. The van der Waals surface area contributed by atoms with Crippen LogP contribution in [0.2, 0.25) is 23.7 Å². The van der Waals surface area contributed by atoms with Crippen LogP contribution in [0.5, 0.6) is 0 Å². The van der Waals surface area contributed by atoms with Crippen LogP contribution in [0.1, 0.15) is 183 Å². The summed E-state index contributed by atoms with van der Waals surface area (Å²) in [6.07, 6.45) is 33.9. The fourth-order valence-electron chi connectivity index (χ4n) is 15.0. The molecule has 6 saturated carbocycles. The van der Waals surface area contributed by atoms with Gasteiger partial charge in [0.15, 0.2) is 0 Å². The molecule has 0 saturated heterocycles. The SMILES string of the molecule is CC(C)C1CC2C(C3CCCCC3)CCCC2C1[Si](C)(CCCCCCOC(C)(C)C)C1C(C)CC2C(C3CCCCC3)CCCC21. The summed E-state index contributed by atoms with van der Waals surface area (Å²) in [6, 6.07) is 1.66. The highest BCUT2D eigenvalue weighted by Gasteiger charge is 2.62. The normalized spacial score (nSPS) is 40.3. The highest BCUT2D eigenvalue weighted by molar-refractivity contribution is 6.81. The van der Waals surface area contributed by atoms with Crippen molar-refractivity contribution < 1.29 is 4.74 Å². The number of fused-ring (bicyclic) bond motifs is 2. The molecule has 272 valence electrons. The highest BCUT2D eigenvalue weighted by atomic mass is 28.3. The van der Waals surface area contributed by atoms with Crippen LogP contribution in [0, 0.1) is 65.1 Å². The Morgan fingerprint density at radius 1 is 0.574 bits per heavy atom. The van der Waals surface area contributed by atoms with E-state index in [9.17, 15) is 0 Å². The second kappa shape index (κ2) is 16.2. The average molecular weight is 667 g/mol. The molecule has 6 aliphatic rings. The highest BCUT2D eigenvalue weighted by Crippen LogP contribution is 2.69. The van der Waals surface area contributed by atoms with Crippen LogP contribution < -0.4 is 0 Å². The minimum absolute atomic E-state index is 0.0104. The fourth-order valence-corrected chi connectivity index (χ4v) is 22.9. The van der Waals surface area contributed by atoms with Gasteiger partial charge in [0, 0.05) is 6.61 Å². The summed E-state index contributed by atoms with van der Waals surface area (Å²) in [7, 11) is -1.58. The maximum atomic E-state index is 6.14. The molecule has 0 aromatic carbocycles. The molecular formula is C45H82OSi. The van der Waals surface area contributed by atoms with Crippen LogP contribution >= 0.6 is 0 Å². The molecule has 0 aliphatic heterocycles. The van der Waals surface area contributed by atoms with Crippen molar-refractivity contribution in [3.8, 4) is 0 Å². The van der Waals surface area contributed by atoms with Gasteiger partial charge in [0.25, 0.3) is 0 Å². The molecule has 11 atom stereocenters. The molecular weight excluding hydrogens is 585 g/mol. The molecule has 0 spiro atoms. The van der Waals surface area contributed by atoms with Crippen molar-refractivity contribution in [2.24, 2.45) is 65.1 Å². The lowest BCUT2D eigenvalue weighted by Gasteiger charge is -2.52. The third-order valence-corrected chi connectivity index (χ3v) is 22.9. The molecule has 0 amide bonds. The Morgan fingerprint density at radius 2 is 1.09 bits per heavy atom. The maximum Gasteiger partial charge on any atom is 0.0598 e. The Bertz CT molecular complexity index is 940. The van der Waals surface area contributed by atoms with Gasteiger partial charge in [0.2, 0.25) is 0 Å². The zero-order chi connectivity index (χ0) is 33.2. The Morgan fingerprint density at radius 3 is 1.64 bits per heavy atom. The van der Waals surface area contributed by atoms with E-state index < -0.39 is 8.07 Å². The van der Waals surface area contributed by atoms with E-state index in [2.05, 4.69) is 48.1 Å². The Balaban J connectivity index is 1.26. The second-order valence-electron chi connectivity index (χ2n) is 20.7. The lowest BCUT2D eigenvalue weighted by molar-refractivity contribution is -0.00471. The monoisotopic (exact) mass is 667 g/mol. The summed E-state index contributed by atoms with van der Waals surface area (Å²) >= 11 is 0. The molecule has 6 rings (SSSR count). The molecule has 0 radical (unpaired) electrons. The summed E-state index contributed by atoms with van der Waals surface area (Å²) in [5.41, 5.74) is 2.24. The van der Waals surface area contributed by atoms with Crippen LogP contribution in [0.3, 0.4) is 0 Å². The first kappa shape index (κ1) is 37.0. The molecule has 11 unspecified atom stereocenters. The van der Waals surface area contributed by atoms with E-state index in [1.807, 2.05) is 0 Å². The Labute approximate surface area is 295 Å². The van der Waals surface area contributed by atoms with Crippen molar-refractivity contribution in [1.29, 1.82) is 0 Å². The van der Waals surface area contributed by atoms with Crippen molar-refractivity contribution in [2.45, 2.75) is 212 Å².